The standard InChI is InChI=1S/C23H21FN4O2/c1-14-8-10-17(11-9-14)28-23-22(16(3)27-28)15(2)12-21(26-23)30-13-20(29)25-19-7-5-4-6-18(19)24/h4-12H,13H2,1-3H3,(H,25,29). The van der Waals surface area contributed by atoms with Crippen LogP contribution in [0.1, 0.15) is 16.8 Å². The van der Waals surface area contributed by atoms with Gasteiger partial charge in [-0.15, -0.1) is 0 Å². The fraction of sp³-hybridized carbons (Fsp3) is 0.174. The Kier molecular flexibility index (Phi) is 5.18. The fourth-order valence-corrected chi connectivity index (χ4v) is 3.30. The van der Waals surface area contributed by atoms with Gasteiger partial charge in [0.2, 0.25) is 5.88 Å². The summed E-state index contributed by atoms with van der Waals surface area (Å²) in [7, 11) is 0. The normalized spacial score (nSPS) is 10.9. The smallest absolute Gasteiger partial charge is 0.262 e. The zero-order valence-electron chi connectivity index (χ0n) is 16.9. The molecule has 0 bridgehead atoms. The third-order valence-electron chi connectivity index (χ3n) is 4.76. The van der Waals surface area contributed by atoms with Crippen molar-refractivity contribution in [2.45, 2.75) is 20.8 Å². The van der Waals surface area contributed by atoms with E-state index in [2.05, 4.69) is 15.4 Å². The minimum Gasteiger partial charge on any atom is -0.467 e. The number of pyridine rings is 1. The zero-order chi connectivity index (χ0) is 21.3. The first kappa shape index (κ1) is 19.6. The van der Waals surface area contributed by atoms with Gasteiger partial charge >= 0.3 is 0 Å². The molecule has 0 saturated carbocycles. The molecule has 6 nitrogen and oxygen atoms in total. The Hall–Kier alpha value is -3.74. The Labute approximate surface area is 173 Å². The van der Waals surface area contributed by atoms with Crippen molar-refractivity contribution in [1.82, 2.24) is 14.8 Å². The highest BCUT2D eigenvalue weighted by Gasteiger charge is 2.16. The number of hydrogen-bond acceptors (Lipinski definition) is 4. The molecule has 0 aliphatic rings. The van der Waals surface area contributed by atoms with Gasteiger partial charge in [-0.25, -0.2) is 9.07 Å². The number of fused-ring (bicyclic) bond motifs is 1. The summed E-state index contributed by atoms with van der Waals surface area (Å²) >= 11 is 0. The summed E-state index contributed by atoms with van der Waals surface area (Å²) in [4.78, 5) is 16.7. The van der Waals surface area contributed by atoms with Crippen LogP contribution in [-0.2, 0) is 4.79 Å². The summed E-state index contributed by atoms with van der Waals surface area (Å²) in [5.41, 5.74) is 4.61. The molecule has 0 aliphatic carbocycles. The van der Waals surface area contributed by atoms with E-state index in [9.17, 15) is 9.18 Å². The third-order valence-corrected chi connectivity index (χ3v) is 4.76. The lowest BCUT2D eigenvalue weighted by atomic mass is 10.1. The first-order chi connectivity index (χ1) is 14.4. The molecule has 0 fully saturated rings. The van der Waals surface area contributed by atoms with E-state index in [0.29, 0.717) is 11.5 Å². The number of carbonyl (C=O) groups excluding carboxylic acids is 1. The van der Waals surface area contributed by atoms with E-state index >= 15 is 0 Å². The Morgan fingerprint density at radius 1 is 1.10 bits per heavy atom. The van der Waals surface area contributed by atoms with E-state index in [4.69, 9.17) is 4.74 Å². The number of rotatable bonds is 5. The second-order valence-electron chi connectivity index (χ2n) is 7.13. The van der Waals surface area contributed by atoms with Crippen LogP contribution in [0.5, 0.6) is 5.88 Å². The molecular formula is C23H21FN4O2. The van der Waals surface area contributed by atoms with Crippen molar-refractivity contribution >= 4 is 22.6 Å². The number of aromatic nitrogens is 3. The molecule has 2 heterocycles. The number of aryl methyl sites for hydroxylation is 3. The number of benzene rings is 2. The van der Waals surface area contributed by atoms with E-state index in [1.807, 2.05) is 45.0 Å². The van der Waals surface area contributed by atoms with Crippen LogP contribution in [0.15, 0.2) is 54.6 Å². The number of carbonyl (C=O) groups is 1. The summed E-state index contributed by atoms with van der Waals surface area (Å²) in [5, 5.41) is 8.07. The molecule has 0 saturated heterocycles. The highest BCUT2D eigenvalue weighted by Crippen LogP contribution is 2.26. The lowest BCUT2D eigenvalue weighted by molar-refractivity contribution is -0.118. The number of para-hydroxylation sites is 1. The first-order valence-corrected chi connectivity index (χ1v) is 9.53. The second kappa shape index (κ2) is 7.94. The summed E-state index contributed by atoms with van der Waals surface area (Å²) in [6.07, 6.45) is 0. The molecule has 152 valence electrons. The van der Waals surface area contributed by atoms with Crippen molar-refractivity contribution in [1.29, 1.82) is 0 Å². The molecule has 0 unspecified atom stereocenters. The molecule has 1 N–H and O–H groups in total. The van der Waals surface area contributed by atoms with Gasteiger partial charge in [-0.1, -0.05) is 29.8 Å². The predicted molar refractivity (Wildman–Crippen MR) is 114 cm³/mol. The number of nitrogens with one attached hydrogen (secondary N) is 1. The van der Waals surface area contributed by atoms with Gasteiger partial charge in [-0.2, -0.15) is 10.1 Å². The van der Waals surface area contributed by atoms with E-state index in [-0.39, 0.29) is 12.3 Å². The van der Waals surface area contributed by atoms with Gasteiger partial charge in [0.25, 0.3) is 5.91 Å². The molecular weight excluding hydrogens is 383 g/mol. The quantitative estimate of drug-likeness (QED) is 0.532. The zero-order valence-corrected chi connectivity index (χ0v) is 16.9. The number of hydrogen-bond donors (Lipinski definition) is 1. The van der Waals surface area contributed by atoms with Crippen molar-refractivity contribution in [3.8, 4) is 11.6 Å². The van der Waals surface area contributed by atoms with Crippen LogP contribution in [-0.4, -0.2) is 27.3 Å². The number of halogens is 1. The van der Waals surface area contributed by atoms with E-state index < -0.39 is 11.7 Å². The number of ether oxygens (including phenoxy) is 1. The predicted octanol–water partition coefficient (Wildman–Crippen LogP) is 4.50. The molecule has 2 aromatic heterocycles. The molecule has 2 aromatic carbocycles. The van der Waals surface area contributed by atoms with Crippen molar-refractivity contribution in [3.63, 3.8) is 0 Å². The van der Waals surface area contributed by atoms with Gasteiger partial charge in [0.15, 0.2) is 12.3 Å². The topological polar surface area (TPSA) is 69.0 Å². The first-order valence-electron chi connectivity index (χ1n) is 9.53. The third kappa shape index (κ3) is 3.87. The van der Waals surface area contributed by atoms with Gasteiger partial charge in [-0.3, -0.25) is 4.79 Å². The van der Waals surface area contributed by atoms with Gasteiger partial charge < -0.3 is 10.1 Å². The number of amides is 1. The van der Waals surface area contributed by atoms with Gasteiger partial charge in [-0.05, 0) is 50.6 Å². The van der Waals surface area contributed by atoms with Crippen molar-refractivity contribution in [2.24, 2.45) is 0 Å². The van der Waals surface area contributed by atoms with Crippen LogP contribution < -0.4 is 10.1 Å². The van der Waals surface area contributed by atoms with E-state index in [0.717, 1.165) is 27.9 Å². The maximum atomic E-state index is 13.7. The van der Waals surface area contributed by atoms with Crippen LogP contribution in [0.2, 0.25) is 0 Å². The Morgan fingerprint density at radius 2 is 1.83 bits per heavy atom. The summed E-state index contributed by atoms with van der Waals surface area (Å²) in [6.45, 7) is 5.62. The molecule has 0 spiro atoms. The summed E-state index contributed by atoms with van der Waals surface area (Å²) in [5.74, 6) is -0.668. The highest BCUT2D eigenvalue weighted by atomic mass is 19.1. The second-order valence-corrected chi connectivity index (χ2v) is 7.13. The molecule has 7 heteroatoms. The van der Waals surface area contributed by atoms with Crippen LogP contribution in [0.3, 0.4) is 0 Å². The van der Waals surface area contributed by atoms with Gasteiger partial charge in [0.05, 0.1) is 17.1 Å². The van der Waals surface area contributed by atoms with Crippen molar-refractivity contribution in [3.05, 3.63) is 77.2 Å². The lowest BCUT2D eigenvalue weighted by Crippen LogP contribution is -2.21. The summed E-state index contributed by atoms with van der Waals surface area (Å²) < 4.78 is 21.1. The van der Waals surface area contributed by atoms with E-state index in [1.54, 1.807) is 22.9 Å². The highest BCUT2D eigenvalue weighted by molar-refractivity contribution is 5.92. The molecule has 0 radical (unpaired) electrons. The molecule has 30 heavy (non-hydrogen) atoms. The molecule has 1 amide bonds. The maximum absolute atomic E-state index is 13.7. The minimum atomic E-state index is -0.501. The Balaban J connectivity index is 1.59. The van der Waals surface area contributed by atoms with Crippen LogP contribution in [0.4, 0.5) is 10.1 Å². The Bertz CT molecular complexity index is 1230. The average Bonchev–Trinajstić information content (AvgIpc) is 3.06. The van der Waals surface area contributed by atoms with Crippen molar-refractivity contribution < 1.29 is 13.9 Å². The minimum absolute atomic E-state index is 0.110. The number of anilines is 1. The average molecular weight is 404 g/mol. The molecule has 4 aromatic rings. The van der Waals surface area contributed by atoms with Crippen LogP contribution in [0.25, 0.3) is 16.7 Å². The molecule has 0 aliphatic heterocycles. The van der Waals surface area contributed by atoms with E-state index in [1.165, 1.54) is 12.1 Å². The van der Waals surface area contributed by atoms with Crippen molar-refractivity contribution in [2.75, 3.05) is 11.9 Å². The monoisotopic (exact) mass is 404 g/mol. The van der Waals surface area contributed by atoms with Crippen LogP contribution in [0, 0.1) is 26.6 Å². The maximum Gasteiger partial charge on any atom is 0.262 e. The molecule has 0 atom stereocenters. The fourth-order valence-electron chi connectivity index (χ4n) is 3.30. The summed E-state index contributed by atoms with van der Waals surface area (Å²) in [6, 6.07) is 15.7. The molecule has 4 rings (SSSR count). The SMILES string of the molecule is Cc1ccc(-n2nc(C)c3c(C)cc(OCC(=O)Nc4ccccc4F)nc32)cc1. The van der Waals surface area contributed by atoms with Crippen LogP contribution >= 0.6 is 0 Å². The lowest BCUT2D eigenvalue weighted by Gasteiger charge is -2.09. The largest absolute Gasteiger partial charge is 0.467 e. The Morgan fingerprint density at radius 3 is 2.57 bits per heavy atom. The van der Waals surface area contributed by atoms with Gasteiger partial charge in [0, 0.05) is 11.5 Å². The van der Waals surface area contributed by atoms with Gasteiger partial charge in [0.1, 0.15) is 5.82 Å². The number of nitrogens with zero attached hydrogens (tertiary/aromatic N) is 3.